The summed E-state index contributed by atoms with van der Waals surface area (Å²) >= 11 is 1.44. The van der Waals surface area contributed by atoms with Crippen molar-refractivity contribution >= 4 is 39.1 Å². The van der Waals surface area contributed by atoms with Gasteiger partial charge in [-0.1, -0.05) is 12.1 Å². The first kappa shape index (κ1) is 19.3. The van der Waals surface area contributed by atoms with E-state index in [4.69, 9.17) is 4.42 Å². The number of hydrogen-bond acceptors (Lipinski definition) is 5. The Bertz CT molecular complexity index is 1450. The number of thiazole rings is 1. The lowest BCUT2D eigenvalue weighted by atomic mass is 10.1. The molecule has 5 rings (SSSR count). The van der Waals surface area contributed by atoms with Gasteiger partial charge in [0.2, 0.25) is 5.91 Å². The molecule has 0 bridgehead atoms. The molecule has 156 valence electrons. The van der Waals surface area contributed by atoms with Gasteiger partial charge in [-0.25, -0.2) is 14.2 Å². The summed E-state index contributed by atoms with van der Waals surface area (Å²) in [5.74, 6) is -0.427. The van der Waals surface area contributed by atoms with Crippen LogP contribution in [0.2, 0.25) is 0 Å². The lowest BCUT2D eigenvalue weighted by molar-refractivity contribution is -0.116. The van der Waals surface area contributed by atoms with Crippen molar-refractivity contribution in [3.05, 3.63) is 76.5 Å². The van der Waals surface area contributed by atoms with Crippen molar-refractivity contribution in [2.45, 2.75) is 19.4 Å². The Morgan fingerprint density at radius 1 is 1.16 bits per heavy atom. The molecule has 0 aliphatic heterocycles. The largest absolute Gasteiger partial charge is 0.419 e. The van der Waals surface area contributed by atoms with Crippen molar-refractivity contribution in [1.29, 1.82) is 0 Å². The van der Waals surface area contributed by atoms with Gasteiger partial charge < -0.3 is 9.73 Å². The summed E-state index contributed by atoms with van der Waals surface area (Å²) in [5.41, 5.74) is 2.53. The normalized spacial score (nSPS) is 11.4. The molecule has 5 aromatic rings. The Labute approximate surface area is 179 Å². The summed E-state index contributed by atoms with van der Waals surface area (Å²) < 4.78 is 21.9. The number of benzene rings is 2. The molecule has 2 aromatic carbocycles. The molecule has 0 spiro atoms. The standard InChI is InChI=1S/C22H17FN4O3S/c23-15-9-7-14(8-10-15)19-20(27-12-13-31-21(27)25-19)24-18(28)6-3-11-26-16-4-1-2-5-17(16)30-22(26)29/h1-2,4-5,7-10,12-13H,3,6,11H2,(H,24,28). The number of carbonyl (C=O) groups is 1. The van der Waals surface area contributed by atoms with E-state index in [1.165, 1.54) is 28.0 Å². The van der Waals surface area contributed by atoms with Crippen molar-refractivity contribution in [2.24, 2.45) is 0 Å². The van der Waals surface area contributed by atoms with Crippen LogP contribution < -0.4 is 11.1 Å². The molecule has 0 aliphatic rings. The number of rotatable bonds is 6. The van der Waals surface area contributed by atoms with Crippen LogP contribution in [0, 0.1) is 5.82 Å². The summed E-state index contributed by atoms with van der Waals surface area (Å²) in [6.07, 6.45) is 2.51. The molecule has 0 saturated heterocycles. The van der Waals surface area contributed by atoms with Gasteiger partial charge in [0.1, 0.15) is 17.3 Å². The fourth-order valence-electron chi connectivity index (χ4n) is 3.53. The van der Waals surface area contributed by atoms with E-state index in [0.717, 1.165) is 4.96 Å². The number of carbonyl (C=O) groups excluding carboxylic acids is 1. The van der Waals surface area contributed by atoms with Crippen LogP contribution in [0.1, 0.15) is 12.8 Å². The highest BCUT2D eigenvalue weighted by Crippen LogP contribution is 2.31. The zero-order valence-corrected chi connectivity index (χ0v) is 17.1. The maximum absolute atomic E-state index is 13.3. The predicted molar refractivity (Wildman–Crippen MR) is 117 cm³/mol. The van der Waals surface area contributed by atoms with Gasteiger partial charge >= 0.3 is 5.76 Å². The maximum atomic E-state index is 13.3. The van der Waals surface area contributed by atoms with Gasteiger partial charge in [-0.3, -0.25) is 13.8 Å². The second-order valence-corrected chi connectivity index (χ2v) is 7.88. The quantitative estimate of drug-likeness (QED) is 0.424. The number of para-hydroxylation sites is 2. The third-order valence-electron chi connectivity index (χ3n) is 5.00. The summed E-state index contributed by atoms with van der Waals surface area (Å²) in [7, 11) is 0. The van der Waals surface area contributed by atoms with Crippen molar-refractivity contribution in [2.75, 3.05) is 5.32 Å². The van der Waals surface area contributed by atoms with Crippen LogP contribution in [-0.2, 0) is 11.3 Å². The molecule has 3 aromatic heterocycles. The molecule has 0 saturated carbocycles. The van der Waals surface area contributed by atoms with Crippen molar-refractivity contribution < 1.29 is 13.6 Å². The zero-order valence-electron chi connectivity index (χ0n) is 16.2. The molecule has 1 amide bonds. The van der Waals surface area contributed by atoms with E-state index < -0.39 is 5.76 Å². The monoisotopic (exact) mass is 436 g/mol. The minimum atomic E-state index is -0.434. The number of aryl methyl sites for hydroxylation is 1. The first-order valence-corrected chi connectivity index (χ1v) is 10.6. The molecule has 0 aliphatic carbocycles. The number of fused-ring (bicyclic) bond motifs is 2. The third-order valence-corrected chi connectivity index (χ3v) is 5.75. The minimum Gasteiger partial charge on any atom is -0.408 e. The van der Waals surface area contributed by atoms with Crippen molar-refractivity contribution in [3.8, 4) is 11.3 Å². The molecule has 3 heterocycles. The maximum Gasteiger partial charge on any atom is 0.419 e. The van der Waals surface area contributed by atoms with E-state index in [9.17, 15) is 14.0 Å². The molecule has 0 fully saturated rings. The van der Waals surface area contributed by atoms with Crippen molar-refractivity contribution in [1.82, 2.24) is 14.0 Å². The summed E-state index contributed by atoms with van der Waals surface area (Å²) in [4.78, 5) is 30.0. The Morgan fingerprint density at radius 3 is 2.81 bits per heavy atom. The summed E-state index contributed by atoms with van der Waals surface area (Å²) in [5, 5.41) is 4.81. The van der Waals surface area contributed by atoms with Crippen LogP contribution >= 0.6 is 11.3 Å². The van der Waals surface area contributed by atoms with Gasteiger partial charge in [0, 0.05) is 30.1 Å². The molecular weight excluding hydrogens is 419 g/mol. The third kappa shape index (κ3) is 3.64. The van der Waals surface area contributed by atoms with Gasteiger partial charge in [0.25, 0.3) is 0 Å². The Hall–Kier alpha value is -3.72. The van der Waals surface area contributed by atoms with Gasteiger partial charge in [-0.05, 0) is 42.8 Å². The molecule has 0 unspecified atom stereocenters. The van der Waals surface area contributed by atoms with E-state index in [1.54, 1.807) is 28.7 Å². The molecule has 31 heavy (non-hydrogen) atoms. The molecule has 7 nitrogen and oxygen atoms in total. The SMILES string of the molecule is O=C(CCCn1c(=O)oc2ccccc21)Nc1c(-c2ccc(F)cc2)nc2sccn12. The Balaban J connectivity index is 1.33. The van der Waals surface area contributed by atoms with Gasteiger partial charge in [0.15, 0.2) is 10.5 Å². The average molecular weight is 436 g/mol. The molecule has 0 atom stereocenters. The predicted octanol–water partition coefficient (Wildman–Crippen LogP) is 4.53. The van der Waals surface area contributed by atoms with E-state index in [0.29, 0.717) is 41.1 Å². The number of anilines is 1. The summed E-state index contributed by atoms with van der Waals surface area (Å²) in [6, 6.07) is 13.2. The van der Waals surface area contributed by atoms with Gasteiger partial charge in [-0.2, -0.15) is 0 Å². The van der Waals surface area contributed by atoms with E-state index in [2.05, 4.69) is 10.3 Å². The molecule has 9 heteroatoms. The minimum absolute atomic E-state index is 0.197. The number of nitrogens with zero attached hydrogens (tertiary/aromatic N) is 3. The lowest BCUT2D eigenvalue weighted by Gasteiger charge is -2.08. The van der Waals surface area contributed by atoms with E-state index in [1.807, 2.05) is 23.7 Å². The fraction of sp³-hybridized carbons (Fsp3) is 0.136. The second-order valence-electron chi connectivity index (χ2n) is 7.01. The average Bonchev–Trinajstić information content (AvgIpc) is 3.43. The van der Waals surface area contributed by atoms with E-state index >= 15 is 0 Å². The van der Waals surface area contributed by atoms with Crippen LogP contribution in [0.15, 0.2) is 69.3 Å². The number of nitrogens with one attached hydrogen (secondary N) is 1. The van der Waals surface area contributed by atoms with Gasteiger partial charge in [-0.15, -0.1) is 11.3 Å². The number of oxazole rings is 1. The first-order chi connectivity index (χ1) is 15.1. The van der Waals surface area contributed by atoms with Crippen LogP contribution in [0.3, 0.4) is 0 Å². The fourth-order valence-corrected chi connectivity index (χ4v) is 4.25. The number of hydrogen-bond donors (Lipinski definition) is 1. The Kier molecular flexibility index (Phi) is 4.87. The molecular formula is C22H17FN4O3S. The van der Waals surface area contributed by atoms with Crippen molar-refractivity contribution in [3.63, 3.8) is 0 Å². The second kappa shape index (κ2) is 7.84. The first-order valence-electron chi connectivity index (χ1n) is 9.70. The van der Waals surface area contributed by atoms with Crippen LogP contribution in [0.25, 0.3) is 27.3 Å². The van der Waals surface area contributed by atoms with Crippen LogP contribution in [0.5, 0.6) is 0 Å². The molecule has 0 radical (unpaired) electrons. The molecule has 1 N–H and O–H groups in total. The lowest BCUT2D eigenvalue weighted by Crippen LogP contribution is -2.17. The smallest absolute Gasteiger partial charge is 0.408 e. The number of amides is 1. The van der Waals surface area contributed by atoms with E-state index in [-0.39, 0.29) is 18.1 Å². The Morgan fingerprint density at radius 2 is 1.97 bits per heavy atom. The highest BCUT2D eigenvalue weighted by Gasteiger charge is 2.17. The van der Waals surface area contributed by atoms with Crippen LogP contribution in [0.4, 0.5) is 10.2 Å². The highest BCUT2D eigenvalue weighted by molar-refractivity contribution is 7.15. The van der Waals surface area contributed by atoms with Gasteiger partial charge in [0.05, 0.1) is 5.52 Å². The summed E-state index contributed by atoms with van der Waals surface area (Å²) in [6.45, 7) is 0.369. The number of halogens is 1. The topological polar surface area (TPSA) is 81.5 Å². The van der Waals surface area contributed by atoms with Crippen LogP contribution in [-0.4, -0.2) is 19.9 Å². The highest BCUT2D eigenvalue weighted by atomic mass is 32.1. The zero-order chi connectivity index (χ0) is 21.4. The number of aromatic nitrogens is 3. The number of imidazole rings is 1.